The minimum absolute atomic E-state index is 0.143. The van der Waals surface area contributed by atoms with Crippen LogP contribution in [0.1, 0.15) is 10.4 Å². The highest BCUT2D eigenvalue weighted by molar-refractivity contribution is 9.10. The fraction of sp³-hybridized carbons (Fsp3) is 0.0769. The summed E-state index contributed by atoms with van der Waals surface area (Å²) in [5, 5.41) is 9.03. The summed E-state index contributed by atoms with van der Waals surface area (Å²) in [6.07, 6.45) is 1.30. The van der Waals surface area contributed by atoms with E-state index in [4.69, 9.17) is 9.84 Å². The molecule has 2 N–H and O–H groups in total. The number of ether oxygens (including phenoxy) is 1. The van der Waals surface area contributed by atoms with Gasteiger partial charge in [-0.25, -0.2) is 18.2 Å². The minimum atomic E-state index is -3.92. The molecule has 0 amide bonds. The van der Waals surface area contributed by atoms with Crippen molar-refractivity contribution in [1.82, 2.24) is 4.98 Å². The quantitative estimate of drug-likeness (QED) is 0.816. The molecule has 0 aliphatic carbocycles. The van der Waals surface area contributed by atoms with Gasteiger partial charge in [-0.2, -0.15) is 0 Å². The molecule has 1 aromatic heterocycles. The van der Waals surface area contributed by atoms with E-state index in [-0.39, 0.29) is 16.1 Å². The zero-order valence-electron chi connectivity index (χ0n) is 11.3. The van der Waals surface area contributed by atoms with Crippen molar-refractivity contribution in [3.63, 3.8) is 0 Å². The second-order valence-electron chi connectivity index (χ2n) is 4.14. The van der Waals surface area contributed by atoms with Crippen LogP contribution in [0.3, 0.4) is 0 Å². The van der Waals surface area contributed by atoms with Gasteiger partial charge in [0.1, 0.15) is 0 Å². The molecular weight excluding hydrogens is 376 g/mol. The van der Waals surface area contributed by atoms with E-state index in [1.54, 1.807) is 0 Å². The average molecular weight is 387 g/mol. The number of rotatable bonds is 5. The SMILES string of the molecule is COc1ccc(NS(=O)(=O)c2ccc(Br)c(C(=O)O)c2)cn1. The first-order valence-electron chi connectivity index (χ1n) is 5.89. The molecule has 0 aliphatic rings. The third-order valence-corrected chi connectivity index (χ3v) is 4.75. The third-order valence-electron chi connectivity index (χ3n) is 2.68. The van der Waals surface area contributed by atoms with Crippen LogP contribution in [0.25, 0.3) is 0 Å². The topological polar surface area (TPSA) is 106 Å². The highest BCUT2D eigenvalue weighted by Crippen LogP contribution is 2.23. The molecule has 2 rings (SSSR count). The molecule has 1 aromatic carbocycles. The summed E-state index contributed by atoms with van der Waals surface area (Å²) in [6, 6.07) is 6.73. The summed E-state index contributed by atoms with van der Waals surface area (Å²) >= 11 is 3.06. The minimum Gasteiger partial charge on any atom is -0.481 e. The molecule has 1 heterocycles. The molecule has 7 nitrogen and oxygen atoms in total. The van der Waals surface area contributed by atoms with Crippen LogP contribution in [0.2, 0.25) is 0 Å². The smallest absolute Gasteiger partial charge is 0.336 e. The van der Waals surface area contributed by atoms with Crippen molar-refractivity contribution in [3.05, 3.63) is 46.6 Å². The molecule has 0 saturated heterocycles. The van der Waals surface area contributed by atoms with Gasteiger partial charge in [0.05, 0.1) is 29.5 Å². The zero-order chi connectivity index (χ0) is 16.3. The molecule has 22 heavy (non-hydrogen) atoms. The van der Waals surface area contributed by atoms with Crippen molar-refractivity contribution in [3.8, 4) is 5.88 Å². The Morgan fingerprint density at radius 1 is 1.32 bits per heavy atom. The maximum absolute atomic E-state index is 12.3. The Hall–Kier alpha value is -2.13. The number of methoxy groups -OCH3 is 1. The average Bonchev–Trinajstić information content (AvgIpc) is 2.47. The Kier molecular flexibility index (Phi) is 4.67. The number of hydrogen-bond donors (Lipinski definition) is 2. The Morgan fingerprint density at radius 2 is 2.05 bits per heavy atom. The molecule has 116 valence electrons. The molecule has 9 heteroatoms. The summed E-state index contributed by atoms with van der Waals surface area (Å²) in [7, 11) is -2.47. The summed E-state index contributed by atoms with van der Waals surface area (Å²) in [5.41, 5.74) is 0.0938. The fourth-order valence-electron chi connectivity index (χ4n) is 1.61. The van der Waals surface area contributed by atoms with Crippen LogP contribution < -0.4 is 9.46 Å². The molecule has 0 atom stereocenters. The van der Waals surface area contributed by atoms with E-state index in [0.29, 0.717) is 10.4 Å². The van der Waals surface area contributed by atoms with Crippen molar-refractivity contribution in [2.75, 3.05) is 11.8 Å². The lowest BCUT2D eigenvalue weighted by molar-refractivity contribution is 0.0695. The molecule has 0 unspecified atom stereocenters. The lowest BCUT2D eigenvalue weighted by Crippen LogP contribution is -2.14. The van der Waals surface area contributed by atoms with Crippen molar-refractivity contribution >= 4 is 37.6 Å². The number of nitrogens with zero attached hydrogens (tertiary/aromatic N) is 1. The van der Waals surface area contributed by atoms with Crippen molar-refractivity contribution < 1.29 is 23.1 Å². The number of carbonyl (C=O) groups is 1. The molecule has 2 aromatic rings. The molecule has 0 aliphatic heterocycles. The first-order valence-corrected chi connectivity index (χ1v) is 8.17. The molecule has 0 spiro atoms. The van der Waals surface area contributed by atoms with Gasteiger partial charge in [0.15, 0.2) is 0 Å². The van der Waals surface area contributed by atoms with E-state index in [2.05, 4.69) is 25.6 Å². The third kappa shape index (κ3) is 3.55. The number of carboxylic acids is 1. The molecule has 0 saturated carbocycles. The van der Waals surface area contributed by atoms with Crippen LogP contribution in [0, 0.1) is 0 Å². The maximum atomic E-state index is 12.3. The Balaban J connectivity index is 2.33. The summed E-state index contributed by atoms with van der Waals surface area (Å²) in [6.45, 7) is 0. The normalized spacial score (nSPS) is 11.0. The van der Waals surface area contributed by atoms with Gasteiger partial charge in [0, 0.05) is 10.5 Å². The first kappa shape index (κ1) is 16.2. The first-order chi connectivity index (χ1) is 10.3. The maximum Gasteiger partial charge on any atom is 0.336 e. The highest BCUT2D eigenvalue weighted by atomic mass is 79.9. The second kappa shape index (κ2) is 6.32. The number of sulfonamides is 1. The predicted octanol–water partition coefficient (Wildman–Crippen LogP) is 2.35. The molecule has 0 fully saturated rings. The number of nitrogens with one attached hydrogen (secondary N) is 1. The van der Waals surface area contributed by atoms with Crippen molar-refractivity contribution in [2.45, 2.75) is 4.90 Å². The second-order valence-corrected chi connectivity index (χ2v) is 6.68. The molecule has 0 bridgehead atoms. The lowest BCUT2D eigenvalue weighted by Gasteiger charge is -2.09. The predicted molar refractivity (Wildman–Crippen MR) is 82.7 cm³/mol. The van der Waals surface area contributed by atoms with E-state index >= 15 is 0 Å². The van der Waals surface area contributed by atoms with Gasteiger partial charge in [-0.15, -0.1) is 0 Å². The van der Waals surface area contributed by atoms with Gasteiger partial charge in [0.25, 0.3) is 10.0 Å². The molecule has 0 radical (unpaired) electrons. The molecular formula is C13H11BrN2O5S. The number of hydrogen-bond acceptors (Lipinski definition) is 5. The number of pyridine rings is 1. The Morgan fingerprint density at radius 3 is 2.59 bits per heavy atom. The lowest BCUT2D eigenvalue weighted by atomic mass is 10.2. The number of aromatic nitrogens is 1. The van der Waals surface area contributed by atoms with Crippen LogP contribution in [0.4, 0.5) is 5.69 Å². The number of benzene rings is 1. The van der Waals surface area contributed by atoms with E-state index in [1.807, 2.05) is 0 Å². The number of halogens is 1. The van der Waals surface area contributed by atoms with Gasteiger partial charge in [-0.1, -0.05) is 0 Å². The van der Waals surface area contributed by atoms with Gasteiger partial charge in [0.2, 0.25) is 5.88 Å². The zero-order valence-corrected chi connectivity index (χ0v) is 13.7. The van der Waals surface area contributed by atoms with Gasteiger partial charge >= 0.3 is 5.97 Å². The van der Waals surface area contributed by atoms with Gasteiger partial charge in [-0.3, -0.25) is 4.72 Å². The standard InChI is InChI=1S/C13H11BrN2O5S/c1-21-12-5-2-8(7-15-12)16-22(19,20)9-3-4-11(14)10(6-9)13(17)18/h2-7,16H,1H3,(H,17,18). The largest absolute Gasteiger partial charge is 0.481 e. The fourth-order valence-corrected chi connectivity index (χ4v) is 3.10. The van der Waals surface area contributed by atoms with Crippen LogP contribution in [-0.4, -0.2) is 31.6 Å². The van der Waals surface area contributed by atoms with Crippen LogP contribution in [-0.2, 0) is 10.0 Å². The monoisotopic (exact) mass is 386 g/mol. The number of anilines is 1. The van der Waals surface area contributed by atoms with Crippen LogP contribution in [0.5, 0.6) is 5.88 Å². The number of carboxylic acid groups (broad SMARTS) is 1. The highest BCUT2D eigenvalue weighted by Gasteiger charge is 2.18. The van der Waals surface area contributed by atoms with Gasteiger partial charge < -0.3 is 9.84 Å². The van der Waals surface area contributed by atoms with E-state index in [0.717, 1.165) is 6.07 Å². The van der Waals surface area contributed by atoms with E-state index in [1.165, 1.54) is 37.6 Å². The van der Waals surface area contributed by atoms with Crippen LogP contribution in [0.15, 0.2) is 45.9 Å². The summed E-state index contributed by atoms with van der Waals surface area (Å²) in [5.74, 6) is -0.880. The van der Waals surface area contributed by atoms with Crippen LogP contribution >= 0.6 is 15.9 Å². The van der Waals surface area contributed by atoms with Gasteiger partial charge in [-0.05, 0) is 40.2 Å². The van der Waals surface area contributed by atoms with Crippen molar-refractivity contribution in [1.29, 1.82) is 0 Å². The Labute approximate surface area is 135 Å². The van der Waals surface area contributed by atoms with E-state index in [9.17, 15) is 13.2 Å². The van der Waals surface area contributed by atoms with Crippen molar-refractivity contribution in [2.24, 2.45) is 0 Å². The van der Waals surface area contributed by atoms with E-state index < -0.39 is 16.0 Å². The summed E-state index contributed by atoms with van der Waals surface area (Å²) in [4.78, 5) is 14.8. The summed E-state index contributed by atoms with van der Waals surface area (Å²) < 4.78 is 32.0. The Bertz CT molecular complexity index is 806. The number of aromatic carboxylic acids is 1.